The van der Waals surface area contributed by atoms with Gasteiger partial charge in [0.25, 0.3) is 5.69 Å². The number of nitrogens with zero attached hydrogens (tertiary/aromatic N) is 1. The molecule has 0 heterocycles. The van der Waals surface area contributed by atoms with Gasteiger partial charge in [0.15, 0.2) is 0 Å². The maximum Gasteiger partial charge on any atom is 0.339 e. The van der Waals surface area contributed by atoms with Crippen molar-refractivity contribution in [3.8, 4) is 0 Å². The summed E-state index contributed by atoms with van der Waals surface area (Å²) in [6.45, 7) is -0.334. The summed E-state index contributed by atoms with van der Waals surface area (Å²) in [5.74, 6) is -1.18. The van der Waals surface area contributed by atoms with Crippen LogP contribution in [0.3, 0.4) is 0 Å². The van der Waals surface area contributed by atoms with Gasteiger partial charge in [-0.1, -0.05) is 36.4 Å². The number of methoxy groups -OCH3 is 1. The number of hydrogen-bond acceptors (Lipinski definition) is 8. The van der Waals surface area contributed by atoms with Crippen LogP contribution in [-0.2, 0) is 19.4 Å². The summed E-state index contributed by atoms with van der Waals surface area (Å²) in [7, 11) is -3.05. The minimum atomic E-state index is -4.27. The van der Waals surface area contributed by atoms with Gasteiger partial charge in [0.05, 0.1) is 40.4 Å². The van der Waals surface area contributed by atoms with Crippen LogP contribution in [0.4, 0.5) is 17.1 Å². The molecule has 0 saturated carbocycles. The summed E-state index contributed by atoms with van der Waals surface area (Å²) < 4.78 is 31.0. The molecule has 0 aliphatic carbocycles. The van der Waals surface area contributed by atoms with Crippen molar-refractivity contribution in [1.29, 1.82) is 0 Å². The molecule has 0 bridgehead atoms. The Morgan fingerprint density at radius 2 is 1.48 bits per heavy atom. The summed E-state index contributed by atoms with van der Waals surface area (Å²) in [5.41, 5.74) is -0.0683. The molecule has 3 aromatic rings. The predicted molar refractivity (Wildman–Crippen MR) is 120 cm³/mol. The highest BCUT2D eigenvalue weighted by Crippen LogP contribution is 2.32. The average Bonchev–Trinajstić information content (AvgIpc) is 2.82. The van der Waals surface area contributed by atoms with Crippen molar-refractivity contribution in [2.45, 2.75) is 9.79 Å². The van der Waals surface area contributed by atoms with Crippen molar-refractivity contribution in [2.75, 3.05) is 24.3 Å². The van der Waals surface area contributed by atoms with Crippen LogP contribution < -0.4 is 10.6 Å². The standard InChI is InChI=1S/C22H19N3O7S/c1-32-22(27)15-8-2-3-9-16(15)24-21(26)14-23-17-10-4-6-12-19(17)33(30,31)20-13-7-5-11-18(20)25(28)29/h2-13,23H,14H2,1H3,(H,24,26). The van der Waals surface area contributed by atoms with Crippen LogP contribution in [0.15, 0.2) is 82.6 Å². The number of rotatable bonds is 8. The summed E-state index contributed by atoms with van der Waals surface area (Å²) in [5, 5.41) is 16.6. The number of sulfone groups is 1. The van der Waals surface area contributed by atoms with Gasteiger partial charge in [0.1, 0.15) is 4.90 Å². The Labute approximate surface area is 189 Å². The third-order valence-corrected chi connectivity index (χ3v) is 6.43. The third-order valence-electron chi connectivity index (χ3n) is 4.57. The zero-order valence-corrected chi connectivity index (χ0v) is 18.2. The van der Waals surface area contributed by atoms with E-state index >= 15 is 0 Å². The van der Waals surface area contributed by atoms with Crippen molar-refractivity contribution in [3.63, 3.8) is 0 Å². The fourth-order valence-corrected chi connectivity index (χ4v) is 4.65. The first-order valence-corrected chi connectivity index (χ1v) is 11.0. The molecule has 2 N–H and O–H groups in total. The highest BCUT2D eigenvalue weighted by molar-refractivity contribution is 7.91. The van der Waals surface area contributed by atoms with Crippen LogP contribution in [0.1, 0.15) is 10.4 Å². The number of carbonyl (C=O) groups excluding carboxylic acids is 2. The van der Waals surface area contributed by atoms with Gasteiger partial charge >= 0.3 is 5.97 Å². The lowest BCUT2D eigenvalue weighted by molar-refractivity contribution is -0.387. The van der Waals surface area contributed by atoms with Gasteiger partial charge in [-0.15, -0.1) is 0 Å². The molecule has 0 atom stereocenters. The summed E-state index contributed by atoms with van der Waals surface area (Å²) >= 11 is 0. The second-order valence-electron chi connectivity index (χ2n) is 6.66. The lowest BCUT2D eigenvalue weighted by Gasteiger charge is -2.14. The number of nitro benzene ring substituents is 1. The molecule has 170 valence electrons. The first-order valence-electron chi connectivity index (χ1n) is 9.54. The number of amides is 1. The van der Waals surface area contributed by atoms with E-state index in [1.807, 2.05) is 0 Å². The number of benzene rings is 3. The molecular formula is C22H19N3O7S. The van der Waals surface area contributed by atoms with E-state index in [9.17, 15) is 28.1 Å². The number of nitro groups is 1. The molecule has 3 aromatic carbocycles. The monoisotopic (exact) mass is 469 g/mol. The molecule has 0 saturated heterocycles. The topological polar surface area (TPSA) is 145 Å². The Morgan fingerprint density at radius 3 is 2.15 bits per heavy atom. The molecule has 11 heteroatoms. The molecule has 0 unspecified atom stereocenters. The Balaban J connectivity index is 1.84. The summed E-state index contributed by atoms with van der Waals surface area (Å²) in [4.78, 5) is 34.2. The van der Waals surface area contributed by atoms with Crippen LogP contribution in [0.2, 0.25) is 0 Å². The predicted octanol–water partition coefficient (Wildman–Crippen LogP) is 3.26. The lowest BCUT2D eigenvalue weighted by Crippen LogP contribution is -2.23. The minimum Gasteiger partial charge on any atom is -0.465 e. The Bertz CT molecular complexity index is 1320. The molecule has 1 amide bonds. The molecule has 0 spiro atoms. The first kappa shape index (κ1) is 23.4. The van der Waals surface area contributed by atoms with E-state index < -0.39 is 37.2 Å². The van der Waals surface area contributed by atoms with E-state index in [1.54, 1.807) is 18.2 Å². The molecule has 0 aliphatic heterocycles. The zero-order valence-electron chi connectivity index (χ0n) is 17.3. The largest absolute Gasteiger partial charge is 0.465 e. The number of anilines is 2. The Hall–Kier alpha value is -4.25. The second-order valence-corrected chi connectivity index (χ2v) is 8.55. The van der Waals surface area contributed by atoms with Crippen LogP contribution in [0, 0.1) is 10.1 Å². The Morgan fingerprint density at radius 1 is 0.909 bits per heavy atom. The van der Waals surface area contributed by atoms with Crippen molar-refractivity contribution in [2.24, 2.45) is 0 Å². The number of carbonyl (C=O) groups is 2. The average molecular weight is 469 g/mol. The number of ether oxygens (including phenoxy) is 1. The molecule has 33 heavy (non-hydrogen) atoms. The number of hydrogen-bond donors (Lipinski definition) is 2. The fourth-order valence-electron chi connectivity index (χ4n) is 3.05. The fraction of sp³-hybridized carbons (Fsp3) is 0.0909. The molecule has 3 rings (SSSR count). The van der Waals surface area contributed by atoms with Gasteiger partial charge in [-0.2, -0.15) is 0 Å². The quantitative estimate of drug-likeness (QED) is 0.290. The number of para-hydroxylation sites is 3. The summed E-state index contributed by atoms with van der Waals surface area (Å²) in [6.07, 6.45) is 0. The van der Waals surface area contributed by atoms with E-state index in [-0.39, 0.29) is 28.4 Å². The van der Waals surface area contributed by atoms with Crippen molar-refractivity contribution >= 4 is 38.8 Å². The minimum absolute atomic E-state index is 0.0899. The smallest absolute Gasteiger partial charge is 0.339 e. The first-order chi connectivity index (χ1) is 15.8. The number of nitrogens with one attached hydrogen (secondary N) is 2. The third kappa shape index (κ3) is 5.15. The molecule has 0 aromatic heterocycles. The van der Waals surface area contributed by atoms with Crippen molar-refractivity contribution in [3.05, 3.63) is 88.5 Å². The molecule has 10 nitrogen and oxygen atoms in total. The molecule has 0 radical (unpaired) electrons. The van der Waals surface area contributed by atoms with Gasteiger partial charge in [0.2, 0.25) is 15.7 Å². The van der Waals surface area contributed by atoms with Gasteiger partial charge in [-0.05, 0) is 30.3 Å². The van der Waals surface area contributed by atoms with Gasteiger partial charge in [-0.25, -0.2) is 13.2 Å². The van der Waals surface area contributed by atoms with E-state index in [0.29, 0.717) is 0 Å². The highest BCUT2D eigenvalue weighted by atomic mass is 32.2. The van der Waals surface area contributed by atoms with E-state index in [0.717, 1.165) is 12.1 Å². The molecule has 0 aliphatic rings. The van der Waals surface area contributed by atoms with Crippen LogP contribution in [0.5, 0.6) is 0 Å². The normalized spacial score (nSPS) is 10.8. The van der Waals surface area contributed by atoms with Crippen LogP contribution >= 0.6 is 0 Å². The molecule has 0 fully saturated rings. The lowest BCUT2D eigenvalue weighted by atomic mass is 10.2. The Kier molecular flexibility index (Phi) is 7.04. The van der Waals surface area contributed by atoms with Gasteiger partial charge in [0, 0.05) is 6.07 Å². The van der Waals surface area contributed by atoms with Crippen molar-refractivity contribution < 1.29 is 27.7 Å². The van der Waals surface area contributed by atoms with E-state index in [4.69, 9.17) is 0 Å². The van der Waals surface area contributed by atoms with E-state index in [1.165, 1.54) is 49.6 Å². The van der Waals surface area contributed by atoms with Crippen molar-refractivity contribution in [1.82, 2.24) is 0 Å². The van der Waals surface area contributed by atoms with Crippen LogP contribution in [-0.4, -0.2) is 38.9 Å². The molecular weight excluding hydrogens is 450 g/mol. The van der Waals surface area contributed by atoms with Gasteiger partial charge < -0.3 is 15.4 Å². The van der Waals surface area contributed by atoms with Gasteiger partial charge in [-0.3, -0.25) is 14.9 Å². The number of esters is 1. The second kappa shape index (κ2) is 9.92. The van der Waals surface area contributed by atoms with E-state index in [2.05, 4.69) is 15.4 Å². The maximum atomic E-state index is 13.2. The SMILES string of the molecule is COC(=O)c1ccccc1NC(=O)CNc1ccccc1S(=O)(=O)c1ccccc1[N+](=O)[O-]. The van der Waals surface area contributed by atoms with Crippen LogP contribution in [0.25, 0.3) is 0 Å². The maximum absolute atomic E-state index is 13.2. The highest BCUT2D eigenvalue weighted by Gasteiger charge is 2.29. The summed E-state index contributed by atoms with van der Waals surface area (Å²) in [6, 6.07) is 17.0. The zero-order chi connectivity index (χ0) is 24.0.